The van der Waals surface area contributed by atoms with Gasteiger partial charge in [-0.25, -0.2) is 0 Å². The molecule has 2 aromatic carbocycles. The van der Waals surface area contributed by atoms with Crippen LogP contribution in [0.25, 0.3) is 0 Å². The molecule has 1 amide bonds. The first-order valence-electron chi connectivity index (χ1n) is 10.7. The Hall–Kier alpha value is -3.35. The number of rotatable bonds is 9. The predicted molar refractivity (Wildman–Crippen MR) is 121 cm³/mol. The lowest BCUT2D eigenvalue weighted by molar-refractivity contribution is -0.145. The standard InChI is InChI=1S/C24H29N3O4/c1-3-13-25-26-16-17-5-7-18(8-6-17)24(29)27-20-10-12-22-19(14-20)9-11-21(31-22)15-23(28)30-4-2/h5-8,10,12,14,16,21,25H,3-4,9,11,13,15H2,1-2H3,(H,27,29). The number of aryl methyl sites for hydroxylation is 1. The third kappa shape index (κ3) is 6.57. The maximum atomic E-state index is 12.6. The Labute approximate surface area is 182 Å². The van der Waals surface area contributed by atoms with Gasteiger partial charge in [-0.2, -0.15) is 5.10 Å². The summed E-state index contributed by atoms with van der Waals surface area (Å²) < 4.78 is 10.9. The molecule has 1 aliphatic heterocycles. The van der Waals surface area contributed by atoms with Crippen LogP contribution < -0.4 is 15.5 Å². The fourth-order valence-electron chi connectivity index (χ4n) is 3.29. The van der Waals surface area contributed by atoms with E-state index in [1.165, 1.54) is 0 Å². The minimum Gasteiger partial charge on any atom is -0.490 e. The number of hydrogen-bond donors (Lipinski definition) is 2. The van der Waals surface area contributed by atoms with E-state index in [-0.39, 0.29) is 24.4 Å². The first kappa shape index (κ1) is 22.3. The number of hydrazone groups is 1. The summed E-state index contributed by atoms with van der Waals surface area (Å²) in [5, 5.41) is 7.06. The van der Waals surface area contributed by atoms with E-state index in [0.717, 1.165) is 42.7 Å². The predicted octanol–water partition coefficient (Wildman–Crippen LogP) is 3.92. The second kappa shape index (κ2) is 11.2. The summed E-state index contributed by atoms with van der Waals surface area (Å²) in [5.41, 5.74) is 6.18. The Bertz CT molecular complexity index is 925. The van der Waals surface area contributed by atoms with Gasteiger partial charge in [-0.15, -0.1) is 0 Å². The van der Waals surface area contributed by atoms with Crippen LogP contribution in [0.2, 0.25) is 0 Å². The molecule has 31 heavy (non-hydrogen) atoms. The summed E-state index contributed by atoms with van der Waals surface area (Å²) in [6, 6.07) is 12.8. The number of carbonyl (C=O) groups excluding carboxylic acids is 2. The summed E-state index contributed by atoms with van der Waals surface area (Å²) in [5.74, 6) is 0.331. The highest BCUT2D eigenvalue weighted by atomic mass is 16.5. The van der Waals surface area contributed by atoms with Crippen molar-refractivity contribution in [3.8, 4) is 5.75 Å². The number of amides is 1. The zero-order valence-electron chi connectivity index (χ0n) is 18.0. The van der Waals surface area contributed by atoms with Gasteiger partial charge in [0.2, 0.25) is 0 Å². The Morgan fingerprint density at radius 2 is 2.00 bits per heavy atom. The number of fused-ring (bicyclic) bond motifs is 1. The van der Waals surface area contributed by atoms with Crippen LogP contribution in [0.4, 0.5) is 5.69 Å². The number of carbonyl (C=O) groups is 2. The minimum atomic E-state index is -0.241. The van der Waals surface area contributed by atoms with E-state index < -0.39 is 0 Å². The van der Waals surface area contributed by atoms with E-state index in [1.54, 1.807) is 25.3 Å². The number of hydrogen-bond acceptors (Lipinski definition) is 6. The average Bonchev–Trinajstić information content (AvgIpc) is 2.77. The maximum absolute atomic E-state index is 12.6. The monoisotopic (exact) mass is 423 g/mol. The van der Waals surface area contributed by atoms with Crippen molar-refractivity contribution < 1.29 is 19.1 Å². The molecule has 1 unspecified atom stereocenters. The number of anilines is 1. The van der Waals surface area contributed by atoms with Crippen molar-refractivity contribution in [1.29, 1.82) is 0 Å². The highest BCUT2D eigenvalue weighted by Crippen LogP contribution is 2.31. The molecule has 0 saturated carbocycles. The summed E-state index contributed by atoms with van der Waals surface area (Å²) in [4.78, 5) is 24.3. The molecule has 164 valence electrons. The van der Waals surface area contributed by atoms with Gasteiger partial charge in [-0.1, -0.05) is 19.1 Å². The summed E-state index contributed by atoms with van der Waals surface area (Å²) in [7, 11) is 0. The van der Waals surface area contributed by atoms with Crippen molar-refractivity contribution in [2.24, 2.45) is 5.10 Å². The first-order chi connectivity index (χ1) is 15.1. The molecule has 1 aliphatic rings. The van der Waals surface area contributed by atoms with Gasteiger partial charge in [0, 0.05) is 17.8 Å². The van der Waals surface area contributed by atoms with E-state index in [2.05, 4.69) is 22.8 Å². The highest BCUT2D eigenvalue weighted by Gasteiger charge is 2.23. The molecule has 0 aromatic heterocycles. The van der Waals surface area contributed by atoms with Crippen molar-refractivity contribution in [2.75, 3.05) is 18.5 Å². The molecule has 7 nitrogen and oxygen atoms in total. The summed E-state index contributed by atoms with van der Waals surface area (Å²) >= 11 is 0. The van der Waals surface area contributed by atoms with Gasteiger partial charge in [0.25, 0.3) is 5.91 Å². The third-order valence-corrected chi connectivity index (χ3v) is 4.89. The van der Waals surface area contributed by atoms with Crippen molar-refractivity contribution in [1.82, 2.24) is 5.43 Å². The second-order valence-corrected chi connectivity index (χ2v) is 7.35. The number of esters is 1. The van der Waals surface area contributed by atoms with Crippen LogP contribution in [0.3, 0.4) is 0 Å². The van der Waals surface area contributed by atoms with Gasteiger partial charge in [0.1, 0.15) is 11.9 Å². The molecular formula is C24H29N3O4. The zero-order valence-corrected chi connectivity index (χ0v) is 18.0. The number of nitrogens with one attached hydrogen (secondary N) is 2. The van der Waals surface area contributed by atoms with Crippen molar-refractivity contribution in [3.63, 3.8) is 0 Å². The second-order valence-electron chi connectivity index (χ2n) is 7.35. The lowest BCUT2D eigenvalue weighted by Gasteiger charge is -2.26. The minimum absolute atomic E-state index is 0.175. The maximum Gasteiger partial charge on any atom is 0.309 e. The molecule has 1 atom stereocenters. The molecule has 2 aromatic rings. The van der Waals surface area contributed by atoms with Gasteiger partial charge in [0.05, 0.1) is 19.2 Å². The lowest BCUT2D eigenvalue weighted by Crippen LogP contribution is -2.26. The fraction of sp³-hybridized carbons (Fsp3) is 0.375. The van der Waals surface area contributed by atoms with Crippen LogP contribution >= 0.6 is 0 Å². The van der Waals surface area contributed by atoms with Gasteiger partial charge >= 0.3 is 5.97 Å². The van der Waals surface area contributed by atoms with E-state index >= 15 is 0 Å². The van der Waals surface area contributed by atoms with Crippen LogP contribution in [0, 0.1) is 0 Å². The van der Waals surface area contributed by atoms with Crippen molar-refractivity contribution in [3.05, 3.63) is 59.2 Å². The Kier molecular flexibility index (Phi) is 8.04. The van der Waals surface area contributed by atoms with Crippen LogP contribution in [0.15, 0.2) is 47.6 Å². The van der Waals surface area contributed by atoms with Gasteiger partial charge in [-0.05, 0) is 67.6 Å². The molecule has 0 fully saturated rings. The normalized spacial score (nSPS) is 15.1. The van der Waals surface area contributed by atoms with E-state index in [1.807, 2.05) is 30.3 Å². The molecule has 7 heteroatoms. The van der Waals surface area contributed by atoms with E-state index in [0.29, 0.717) is 17.9 Å². The topological polar surface area (TPSA) is 89.0 Å². The third-order valence-electron chi connectivity index (χ3n) is 4.89. The van der Waals surface area contributed by atoms with Gasteiger partial charge in [0.15, 0.2) is 0 Å². The Morgan fingerprint density at radius 1 is 1.19 bits per heavy atom. The van der Waals surface area contributed by atoms with Crippen molar-refractivity contribution >= 4 is 23.8 Å². The zero-order chi connectivity index (χ0) is 22.1. The highest BCUT2D eigenvalue weighted by molar-refractivity contribution is 6.04. The SMILES string of the molecule is CCCNN=Cc1ccc(C(=O)Nc2ccc3c(c2)CCC(CC(=O)OCC)O3)cc1. The molecule has 0 bridgehead atoms. The quantitative estimate of drug-likeness (QED) is 0.276. The van der Waals surface area contributed by atoms with Crippen molar-refractivity contribution in [2.45, 2.75) is 45.6 Å². The Morgan fingerprint density at radius 3 is 2.74 bits per heavy atom. The number of benzene rings is 2. The van der Waals surface area contributed by atoms with Gasteiger partial charge < -0.3 is 20.2 Å². The molecular weight excluding hydrogens is 394 g/mol. The molecule has 0 spiro atoms. The average molecular weight is 424 g/mol. The molecule has 3 rings (SSSR count). The molecule has 0 saturated heterocycles. The summed E-state index contributed by atoms with van der Waals surface area (Å²) in [6.07, 6.45) is 4.34. The first-order valence-corrected chi connectivity index (χ1v) is 10.7. The van der Waals surface area contributed by atoms with E-state index in [9.17, 15) is 9.59 Å². The van der Waals surface area contributed by atoms with E-state index in [4.69, 9.17) is 9.47 Å². The molecule has 0 radical (unpaired) electrons. The van der Waals surface area contributed by atoms with Crippen LogP contribution in [0.1, 0.15) is 54.6 Å². The fourth-order valence-corrected chi connectivity index (χ4v) is 3.29. The van der Waals surface area contributed by atoms with Crippen LogP contribution in [-0.4, -0.2) is 37.3 Å². The summed E-state index contributed by atoms with van der Waals surface area (Å²) in [6.45, 7) is 5.07. The smallest absolute Gasteiger partial charge is 0.309 e. The van der Waals surface area contributed by atoms with Crippen LogP contribution in [-0.2, 0) is 16.0 Å². The number of ether oxygens (including phenoxy) is 2. The van der Waals surface area contributed by atoms with Gasteiger partial charge in [-0.3, -0.25) is 9.59 Å². The Balaban J connectivity index is 1.57. The number of nitrogens with zero attached hydrogens (tertiary/aromatic N) is 1. The molecule has 1 heterocycles. The molecule has 0 aliphatic carbocycles. The molecule has 2 N–H and O–H groups in total. The van der Waals surface area contributed by atoms with Crippen LogP contribution in [0.5, 0.6) is 5.75 Å². The lowest BCUT2D eigenvalue weighted by atomic mass is 10.00. The largest absolute Gasteiger partial charge is 0.490 e.